The summed E-state index contributed by atoms with van der Waals surface area (Å²) in [4.78, 5) is 11.6. The second-order valence-corrected chi connectivity index (χ2v) is 4.61. The van der Waals surface area contributed by atoms with Crippen molar-refractivity contribution in [2.45, 2.75) is 0 Å². The van der Waals surface area contributed by atoms with Gasteiger partial charge in [-0.05, 0) is 18.2 Å². The Morgan fingerprint density at radius 3 is 2.67 bits per heavy atom. The number of hydrogen-bond acceptors (Lipinski definition) is 3. The molecule has 1 aromatic carbocycles. The molecule has 0 amide bonds. The lowest BCUT2D eigenvalue weighted by Crippen LogP contribution is -1.93. The van der Waals surface area contributed by atoms with Gasteiger partial charge >= 0.3 is 0 Å². The van der Waals surface area contributed by atoms with E-state index in [1.807, 2.05) is 6.07 Å². The molecule has 0 saturated heterocycles. The molecule has 0 radical (unpaired) electrons. The molecule has 2 aromatic heterocycles. The fraction of sp³-hybridized carbons (Fsp3) is 0. The minimum absolute atomic E-state index is 0.413. The summed E-state index contributed by atoms with van der Waals surface area (Å²) in [5.74, 6) is 0.586. The summed E-state index contributed by atoms with van der Waals surface area (Å²) in [6.07, 6.45) is 3.37. The molecule has 4 nitrogen and oxygen atoms in total. The van der Waals surface area contributed by atoms with Crippen molar-refractivity contribution < 1.29 is 0 Å². The largest absolute Gasteiger partial charge is 0.397 e. The lowest BCUT2D eigenvalue weighted by atomic mass is 10.1. The summed E-state index contributed by atoms with van der Waals surface area (Å²) in [6, 6.07) is 5.16. The van der Waals surface area contributed by atoms with Gasteiger partial charge in [0.05, 0.1) is 38.5 Å². The van der Waals surface area contributed by atoms with Crippen molar-refractivity contribution in [3.63, 3.8) is 0 Å². The van der Waals surface area contributed by atoms with Crippen LogP contribution in [0.2, 0.25) is 10.0 Å². The van der Waals surface area contributed by atoms with Gasteiger partial charge < -0.3 is 10.7 Å². The quantitative estimate of drug-likeness (QED) is 0.670. The molecule has 0 aliphatic rings. The molecule has 6 heteroatoms. The zero-order valence-corrected chi connectivity index (χ0v) is 10.6. The van der Waals surface area contributed by atoms with E-state index in [0.717, 1.165) is 11.0 Å². The summed E-state index contributed by atoms with van der Waals surface area (Å²) < 4.78 is 0. The lowest BCUT2D eigenvalue weighted by Gasteiger charge is -2.06. The van der Waals surface area contributed by atoms with Gasteiger partial charge in [0.1, 0.15) is 5.82 Å². The summed E-state index contributed by atoms with van der Waals surface area (Å²) in [5, 5.41) is 0.955. The first-order chi connectivity index (χ1) is 8.66. The predicted octanol–water partition coefficient (Wildman–Crippen LogP) is 3.51. The van der Waals surface area contributed by atoms with Gasteiger partial charge in [-0.2, -0.15) is 0 Å². The highest BCUT2D eigenvalue weighted by Crippen LogP contribution is 2.36. The van der Waals surface area contributed by atoms with Crippen LogP contribution in [-0.4, -0.2) is 15.0 Å². The van der Waals surface area contributed by atoms with Gasteiger partial charge in [-0.3, -0.25) is 4.98 Å². The normalized spacial score (nSPS) is 11.0. The molecule has 0 fully saturated rings. The molecule has 0 spiro atoms. The second-order valence-electron chi connectivity index (χ2n) is 3.80. The zero-order valence-electron chi connectivity index (χ0n) is 9.11. The van der Waals surface area contributed by atoms with Gasteiger partial charge in [0.15, 0.2) is 0 Å². The van der Waals surface area contributed by atoms with Crippen LogP contribution in [0.1, 0.15) is 0 Å². The van der Waals surface area contributed by atoms with Crippen molar-refractivity contribution in [1.82, 2.24) is 15.0 Å². The molecule has 3 rings (SSSR count). The fourth-order valence-corrected chi connectivity index (χ4v) is 2.20. The first kappa shape index (κ1) is 11.3. The Kier molecular flexibility index (Phi) is 2.61. The average molecular weight is 279 g/mol. The van der Waals surface area contributed by atoms with Crippen LogP contribution in [-0.2, 0) is 0 Å². The fourth-order valence-electron chi connectivity index (χ4n) is 1.78. The number of anilines is 1. The zero-order chi connectivity index (χ0) is 12.7. The average Bonchev–Trinajstić information content (AvgIpc) is 2.77. The van der Waals surface area contributed by atoms with Crippen LogP contribution >= 0.6 is 23.2 Å². The molecule has 3 aromatic rings. The molecule has 18 heavy (non-hydrogen) atoms. The van der Waals surface area contributed by atoms with E-state index in [0.29, 0.717) is 27.1 Å². The number of aromatic nitrogens is 3. The van der Waals surface area contributed by atoms with Gasteiger partial charge in [-0.15, -0.1) is 0 Å². The number of halogens is 2. The third kappa shape index (κ3) is 1.70. The molecule has 0 saturated carbocycles. The first-order valence-electron chi connectivity index (χ1n) is 5.20. The maximum Gasteiger partial charge on any atom is 0.142 e. The number of benzene rings is 1. The van der Waals surface area contributed by atoms with Crippen LogP contribution in [0.4, 0.5) is 5.69 Å². The highest BCUT2D eigenvalue weighted by Gasteiger charge is 2.14. The molecule has 90 valence electrons. The molecule has 0 atom stereocenters. The Morgan fingerprint density at radius 2 is 1.89 bits per heavy atom. The minimum atomic E-state index is 0.413. The van der Waals surface area contributed by atoms with Crippen molar-refractivity contribution >= 4 is 39.9 Å². The van der Waals surface area contributed by atoms with E-state index in [2.05, 4.69) is 15.0 Å². The number of aromatic amines is 1. The van der Waals surface area contributed by atoms with Crippen molar-refractivity contribution in [3.05, 3.63) is 40.6 Å². The van der Waals surface area contributed by atoms with E-state index < -0.39 is 0 Å². The highest BCUT2D eigenvalue weighted by molar-refractivity contribution is 6.37. The third-order valence-electron chi connectivity index (χ3n) is 2.66. The van der Waals surface area contributed by atoms with Gasteiger partial charge in [0, 0.05) is 6.20 Å². The molecule has 0 aliphatic carbocycles. The van der Waals surface area contributed by atoms with E-state index in [4.69, 9.17) is 28.9 Å². The van der Waals surface area contributed by atoms with Crippen LogP contribution in [0.15, 0.2) is 30.6 Å². The Labute approximate surface area is 113 Å². The van der Waals surface area contributed by atoms with Crippen LogP contribution < -0.4 is 5.73 Å². The molecular weight excluding hydrogens is 271 g/mol. The Hall–Kier alpha value is -1.78. The van der Waals surface area contributed by atoms with E-state index in [-0.39, 0.29) is 0 Å². The number of nitrogen functional groups attached to an aromatic ring is 1. The third-order valence-corrected chi connectivity index (χ3v) is 3.31. The summed E-state index contributed by atoms with van der Waals surface area (Å²) >= 11 is 12.1. The molecular formula is C12H8Cl2N4. The first-order valence-corrected chi connectivity index (χ1v) is 5.96. The molecule has 3 N–H and O–H groups in total. The maximum absolute atomic E-state index is 6.15. The van der Waals surface area contributed by atoms with Gasteiger partial charge in [0.25, 0.3) is 0 Å². The molecule has 0 bridgehead atoms. The van der Waals surface area contributed by atoms with Crippen molar-refractivity contribution in [2.75, 3.05) is 5.73 Å². The standard InChI is InChI=1S/C12H8Cl2N4/c13-6-1-2-7(14)11(15)10(6)12-17-8-3-4-16-5-9(8)18-12/h1-5H,15H2,(H,17,18). The molecule has 0 unspecified atom stereocenters. The number of nitrogens with zero attached hydrogens (tertiary/aromatic N) is 2. The number of H-pyrrole nitrogens is 1. The van der Waals surface area contributed by atoms with Crippen LogP contribution in [0.5, 0.6) is 0 Å². The predicted molar refractivity (Wildman–Crippen MR) is 73.8 cm³/mol. The van der Waals surface area contributed by atoms with Crippen LogP contribution in [0, 0.1) is 0 Å². The lowest BCUT2D eigenvalue weighted by molar-refractivity contribution is 1.33. The number of hydrogen-bond donors (Lipinski definition) is 2. The number of nitrogens with two attached hydrogens (primary N) is 1. The van der Waals surface area contributed by atoms with Crippen molar-refractivity contribution in [2.24, 2.45) is 0 Å². The van der Waals surface area contributed by atoms with E-state index in [9.17, 15) is 0 Å². The van der Waals surface area contributed by atoms with Crippen LogP contribution in [0.3, 0.4) is 0 Å². The molecule has 2 heterocycles. The summed E-state index contributed by atoms with van der Waals surface area (Å²) in [6.45, 7) is 0. The highest BCUT2D eigenvalue weighted by atomic mass is 35.5. The summed E-state index contributed by atoms with van der Waals surface area (Å²) in [5.41, 5.74) is 8.59. The minimum Gasteiger partial charge on any atom is -0.397 e. The van der Waals surface area contributed by atoms with Crippen molar-refractivity contribution in [3.8, 4) is 11.4 Å². The smallest absolute Gasteiger partial charge is 0.142 e. The van der Waals surface area contributed by atoms with Crippen LogP contribution in [0.25, 0.3) is 22.4 Å². The Balaban J connectivity index is 2.29. The maximum atomic E-state index is 6.15. The van der Waals surface area contributed by atoms with E-state index in [1.165, 1.54) is 0 Å². The SMILES string of the molecule is Nc1c(Cl)ccc(Cl)c1-c1nc2ccncc2[nH]1. The van der Waals surface area contributed by atoms with Gasteiger partial charge in [0.2, 0.25) is 0 Å². The number of imidazole rings is 1. The summed E-state index contributed by atoms with van der Waals surface area (Å²) in [7, 11) is 0. The topological polar surface area (TPSA) is 67.6 Å². The number of rotatable bonds is 1. The second kappa shape index (κ2) is 4.15. The van der Waals surface area contributed by atoms with Gasteiger partial charge in [-0.1, -0.05) is 23.2 Å². The molecule has 0 aliphatic heterocycles. The van der Waals surface area contributed by atoms with E-state index in [1.54, 1.807) is 24.5 Å². The van der Waals surface area contributed by atoms with E-state index >= 15 is 0 Å². The monoisotopic (exact) mass is 278 g/mol. The number of pyridine rings is 1. The number of nitrogens with one attached hydrogen (secondary N) is 1. The Morgan fingerprint density at radius 1 is 1.11 bits per heavy atom. The number of fused-ring (bicyclic) bond motifs is 1. The van der Waals surface area contributed by atoms with Gasteiger partial charge in [-0.25, -0.2) is 4.98 Å². The Bertz CT molecular complexity index is 703. The van der Waals surface area contributed by atoms with Crippen molar-refractivity contribution in [1.29, 1.82) is 0 Å².